The van der Waals surface area contributed by atoms with Gasteiger partial charge in [-0.15, -0.1) is 0 Å². The molecule has 2 N–H and O–H groups in total. The number of hydrogen-bond acceptors (Lipinski definition) is 3. The van der Waals surface area contributed by atoms with Crippen molar-refractivity contribution in [3.05, 3.63) is 35.4 Å². The lowest BCUT2D eigenvalue weighted by atomic mass is 10.0. The average molecular weight is 217 g/mol. The lowest BCUT2D eigenvalue weighted by Crippen LogP contribution is -2.31. The molecule has 0 fully saturated rings. The molecule has 16 heavy (non-hydrogen) atoms. The number of likely N-dealkylation sites (N-methyl/N-ethyl adjacent to an activating group) is 1. The Kier molecular flexibility index (Phi) is 4.97. The molecule has 3 nitrogen and oxygen atoms in total. The highest BCUT2D eigenvalue weighted by atomic mass is 15.1. The smallest absolute Gasteiger partial charge is 0.0635 e. The molecule has 0 aliphatic rings. The standard InChI is InChI=1S/C13H19N3/c1-11-6-3-4-7-12(11)13(10-15)16(2)9-5-8-14/h3-4,6-7,13H,5,9-10,15H2,1-2H3. The highest BCUT2D eigenvalue weighted by Crippen LogP contribution is 2.21. The van der Waals surface area contributed by atoms with E-state index in [1.165, 1.54) is 11.1 Å². The third kappa shape index (κ3) is 3.06. The second-order valence-corrected chi connectivity index (χ2v) is 4.00. The van der Waals surface area contributed by atoms with Crippen LogP contribution in [0.3, 0.4) is 0 Å². The Balaban J connectivity index is 2.82. The zero-order valence-corrected chi connectivity index (χ0v) is 9.98. The molecule has 0 aliphatic heterocycles. The monoisotopic (exact) mass is 217 g/mol. The summed E-state index contributed by atoms with van der Waals surface area (Å²) >= 11 is 0. The number of aryl methyl sites for hydroxylation is 1. The molecule has 0 amide bonds. The van der Waals surface area contributed by atoms with Crippen LogP contribution < -0.4 is 5.73 Å². The van der Waals surface area contributed by atoms with Gasteiger partial charge in [-0.05, 0) is 25.1 Å². The van der Waals surface area contributed by atoms with E-state index in [9.17, 15) is 0 Å². The maximum Gasteiger partial charge on any atom is 0.0635 e. The minimum atomic E-state index is 0.203. The Labute approximate surface area is 97.5 Å². The van der Waals surface area contributed by atoms with Crippen LogP contribution in [0.4, 0.5) is 0 Å². The summed E-state index contributed by atoms with van der Waals surface area (Å²) in [5.74, 6) is 0. The van der Waals surface area contributed by atoms with Gasteiger partial charge in [0.25, 0.3) is 0 Å². The second kappa shape index (κ2) is 6.26. The first kappa shape index (κ1) is 12.7. The first-order valence-corrected chi connectivity index (χ1v) is 5.53. The second-order valence-electron chi connectivity index (χ2n) is 4.00. The zero-order chi connectivity index (χ0) is 12.0. The van der Waals surface area contributed by atoms with Gasteiger partial charge in [-0.1, -0.05) is 24.3 Å². The van der Waals surface area contributed by atoms with E-state index >= 15 is 0 Å². The minimum absolute atomic E-state index is 0.203. The van der Waals surface area contributed by atoms with Crippen molar-refractivity contribution in [3.63, 3.8) is 0 Å². The van der Waals surface area contributed by atoms with Gasteiger partial charge in [-0.3, -0.25) is 4.90 Å². The molecule has 0 spiro atoms. The number of rotatable bonds is 5. The normalized spacial score (nSPS) is 12.4. The molecule has 1 aromatic carbocycles. The van der Waals surface area contributed by atoms with E-state index in [4.69, 9.17) is 11.0 Å². The molecule has 0 saturated carbocycles. The molecular weight excluding hydrogens is 198 g/mol. The molecule has 0 saturated heterocycles. The van der Waals surface area contributed by atoms with Crippen LogP contribution in [0.1, 0.15) is 23.6 Å². The summed E-state index contributed by atoms with van der Waals surface area (Å²) in [5.41, 5.74) is 8.33. The van der Waals surface area contributed by atoms with Crippen LogP contribution in [0.15, 0.2) is 24.3 Å². The van der Waals surface area contributed by atoms with Crippen molar-refractivity contribution in [1.29, 1.82) is 5.26 Å². The molecule has 0 aliphatic carbocycles. The van der Waals surface area contributed by atoms with E-state index in [-0.39, 0.29) is 6.04 Å². The van der Waals surface area contributed by atoms with Gasteiger partial charge in [0.05, 0.1) is 6.07 Å². The van der Waals surface area contributed by atoms with E-state index in [2.05, 4.69) is 30.0 Å². The van der Waals surface area contributed by atoms with Crippen LogP contribution in [-0.4, -0.2) is 25.0 Å². The van der Waals surface area contributed by atoms with Gasteiger partial charge in [0.15, 0.2) is 0 Å². The Hall–Kier alpha value is -1.37. The van der Waals surface area contributed by atoms with E-state index in [1.54, 1.807) is 0 Å². The molecule has 1 rings (SSSR count). The predicted molar refractivity (Wildman–Crippen MR) is 65.8 cm³/mol. The highest BCUT2D eigenvalue weighted by molar-refractivity contribution is 5.29. The fourth-order valence-electron chi connectivity index (χ4n) is 1.89. The van der Waals surface area contributed by atoms with Crippen LogP contribution in [0, 0.1) is 18.3 Å². The molecule has 3 heteroatoms. The van der Waals surface area contributed by atoms with Gasteiger partial charge >= 0.3 is 0 Å². The van der Waals surface area contributed by atoms with Crippen molar-refractivity contribution in [2.24, 2.45) is 5.73 Å². The number of benzene rings is 1. The first-order valence-electron chi connectivity index (χ1n) is 5.53. The number of nitriles is 1. The van der Waals surface area contributed by atoms with Crippen molar-refractivity contribution >= 4 is 0 Å². The van der Waals surface area contributed by atoms with E-state index in [0.29, 0.717) is 13.0 Å². The van der Waals surface area contributed by atoms with E-state index < -0.39 is 0 Å². The summed E-state index contributed by atoms with van der Waals surface area (Å²) in [6.07, 6.45) is 0.541. The maximum atomic E-state index is 8.59. The predicted octanol–water partition coefficient (Wildman–Crippen LogP) is 1.84. The Bertz CT molecular complexity index is 368. The molecule has 0 heterocycles. The SMILES string of the molecule is Cc1ccccc1C(CN)N(C)CCC#N. The van der Waals surface area contributed by atoms with E-state index in [0.717, 1.165) is 6.54 Å². The Morgan fingerprint density at radius 3 is 2.69 bits per heavy atom. The van der Waals surface area contributed by atoms with Gasteiger partial charge < -0.3 is 5.73 Å². The lowest BCUT2D eigenvalue weighted by molar-refractivity contribution is 0.255. The zero-order valence-electron chi connectivity index (χ0n) is 9.98. The summed E-state index contributed by atoms with van der Waals surface area (Å²) in [4.78, 5) is 2.14. The summed E-state index contributed by atoms with van der Waals surface area (Å²) in [5, 5.41) is 8.59. The van der Waals surface area contributed by atoms with Crippen LogP contribution in [0.5, 0.6) is 0 Å². The Morgan fingerprint density at radius 1 is 1.44 bits per heavy atom. The van der Waals surface area contributed by atoms with Crippen molar-refractivity contribution in [3.8, 4) is 6.07 Å². The third-order valence-corrected chi connectivity index (χ3v) is 2.88. The number of hydrogen-bond donors (Lipinski definition) is 1. The molecule has 0 bridgehead atoms. The van der Waals surface area contributed by atoms with Crippen LogP contribution in [-0.2, 0) is 0 Å². The fraction of sp³-hybridized carbons (Fsp3) is 0.462. The molecule has 1 atom stereocenters. The van der Waals surface area contributed by atoms with Gasteiger partial charge in [0.2, 0.25) is 0 Å². The molecule has 1 aromatic rings. The molecule has 86 valence electrons. The van der Waals surface area contributed by atoms with Crippen LogP contribution in [0.2, 0.25) is 0 Å². The maximum absolute atomic E-state index is 8.59. The summed E-state index contributed by atoms with van der Waals surface area (Å²) in [6.45, 7) is 3.43. The molecule has 1 unspecified atom stereocenters. The van der Waals surface area contributed by atoms with Crippen LogP contribution >= 0.6 is 0 Å². The van der Waals surface area contributed by atoms with Gasteiger partial charge in [0, 0.05) is 25.6 Å². The summed E-state index contributed by atoms with van der Waals surface area (Å²) in [6, 6.07) is 10.6. The quantitative estimate of drug-likeness (QED) is 0.818. The average Bonchev–Trinajstić information content (AvgIpc) is 2.30. The Morgan fingerprint density at radius 2 is 2.12 bits per heavy atom. The summed E-state index contributed by atoms with van der Waals surface area (Å²) < 4.78 is 0. The molecule has 0 radical (unpaired) electrons. The van der Waals surface area contributed by atoms with Crippen LogP contribution in [0.25, 0.3) is 0 Å². The number of nitrogens with zero attached hydrogens (tertiary/aromatic N) is 2. The minimum Gasteiger partial charge on any atom is -0.329 e. The first-order chi connectivity index (χ1) is 7.70. The van der Waals surface area contributed by atoms with Crippen molar-refractivity contribution in [2.75, 3.05) is 20.1 Å². The third-order valence-electron chi connectivity index (χ3n) is 2.88. The largest absolute Gasteiger partial charge is 0.329 e. The van der Waals surface area contributed by atoms with E-state index in [1.807, 2.05) is 19.2 Å². The topological polar surface area (TPSA) is 53.0 Å². The van der Waals surface area contributed by atoms with Gasteiger partial charge in [-0.25, -0.2) is 0 Å². The fourth-order valence-corrected chi connectivity index (χ4v) is 1.89. The number of nitrogens with two attached hydrogens (primary N) is 1. The molecule has 0 aromatic heterocycles. The van der Waals surface area contributed by atoms with Gasteiger partial charge in [-0.2, -0.15) is 5.26 Å². The highest BCUT2D eigenvalue weighted by Gasteiger charge is 2.16. The van der Waals surface area contributed by atoms with Crippen molar-refractivity contribution < 1.29 is 0 Å². The summed E-state index contributed by atoms with van der Waals surface area (Å²) in [7, 11) is 2.02. The van der Waals surface area contributed by atoms with Gasteiger partial charge in [0.1, 0.15) is 0 Å². The molecular formula is C13H19N3. The lowest BCUT2D eigenvalue weighted by Gasteiger charge is -2.27. The van der Waals surface area contributed by atoms with Crippen molar-refractivity contribution in [1.82, 2.24) is 4.90 Å². The van der Waals surface area contributed by atoms with Crippen molar-refractivity contribution in [2.45, 2.75) is 19.4 Å².